The summed E-state index contributed by atoms with van der Waals surface area (Å²) in [6, 6.07) is 7.32. The van der Waals surface area contributed by atoms with E-state index < -0.39 is 0 Å². The number of rotatable bonds is 4. The average molecular weight is 383 g/mol. The molecule has 3 heterocycles. The zero-order chi connectivity index (χ0) is 19.0. The lowest BCUT2D eigenvalue weighted by Crippen LogP contribution is -2.30. The Kier molecular flexibility index (Phi) is 4.65. The van der Waals surface area contributed by atoms with E-state index in [0.29, 0.717) is 11.5 Å². The van der Waals surface area contributed by atoms with Gasteiger partial charge in [0, 0.05) is 18.0 Å². The number of hydrogen-bond acceptors (Lipinski definition) is 6. The summed E-state index contributed by atoms with van der Waals surface area (Å²) >= 11 is 1.54. The number of aromatic hydroxyl groups is 1. The molecule has 1 N–H and O–H groups in total. The van der Waals surface area contributed by atoms with Gasteiger partial charge in [0.15, 0.2) is 0 Å². The molecular formula is C19H21N5O2S. The van der Waals surface area contributed by atoms with Crippen LogP contribution in [0, 0.1) is 19.8 Å². The smallest absolute Gasteiger partial charge is 0.257 e. The van der Waals surface area contributed by atoms with Crippen molar-refractivity contribution >= 4 is 17.2 Å². The molecule has 2 aromatic heterocycles. The first-order valence-electron chi connectivity index (χ1n) is 8.93. The van der Waals surface area contributed by atoms with Crippen LogP contribution in [-0.4, -0.2) is 49.2 Å². The van der Waals surface area contributed by atoms with Crippen molar-refractivity contribution in [1.29, 1.82) is 0 Å². The second kappa shape index (κ2) is 7.11. The molecule has 1 amide bonds. The Bertz CT molecular complexity index is 949. The zero-order valence-electron chi connectivity index (χ0n) is 15.3. The second-order valence-corrected chi connectivity index (χ2v) is 8.20. The van der Waals surface area contributed by atoms with Gasteiger partial charge in [-0.25, -0.2) is 0 Å². The van der Waals surface area contributed by atoms with Crippen LogP contribution in [-0.2, 0) is 6.42 Å². The first-order chi connectivity index (χ1) is 13.0. The standard InChI is InChI=1S/C19H21N5O2S/c1-12-13(2)27-19(24-11-20-21-22-24)17(12)18(26)23-8-7-15(10-23)9-14-3-5-16(25)6-4-14/h3-6,11,15,25H,7-10H2,1-2H3. The molecule has 1 aliphatic heterocycles. The molecule has 0 aliphatic carbocycles. The molecule has 1 aromatic carbocycles. The molecule has 4 rings (SSSR count). The topological polar surface area (TPSA) is 84.1 Å². The van der Waals surface area contributed by atoms with E-state index in [1.54, 1.807) is 16.8 Å². The number of thiophene rings is 1. The number of hydrogen-bond donors (Lipinski definition) is 1. The van der Waals surface area contributed by atoms with Gasteiger partial charge in [-0.2, -0.15) is 4.68 Å². The van der Waals surface area contributed by atoms with Crippen molar-refractivity contribution in [2.75, 3.05) is 13.1 Å². The number of amides is 1. The summed E-state index contributed by atoms with van der Waals surface area (Å²) in [5.41, 5.74) is 2.89. The second-order valence-electron chi connectivity index (χ2n) is 6.99. The Hall–Kier alpha value is -2.74. The van der Waals surface area contributed by atoms with Crippen LogP contribution < -0.4 is 0 Å². The van der Waals surface area contributed by atoms with E-state index in [2.05, 4.69) is 15.5 Å². The maximum atomic E-state index is 13.3. The van der Waals surface area contributed by atoms with Crippen LogP contribution in [0.3, 0.4) is 0 Å². The highest BCUT2D eigenvalue weighted by Gasteiger charge is 2.31. The van der Waals surface area contributed by atoms with Crippen molar-refractivity contribution in [2.45, 2.75) is 26.7 Å². The minimum absolute atomic E-state index is 0.0514. The fraction of sp³-hybridized carbons (Fsp3) is 0.368. The van der Waals surface area contributed by atoms with Gasteiger partial charge in [-0.3, -0.25) is 4.79 Å². The number of aryl methyl sites for hydroxylation is 1. The number of phenolic OH excluding ortho intramolecular Hbond substituents is 1. The number of tetrazole rings is 1. The van der Waals surface area contributed by atoms with E-state index in [1.807, 2.05) is 30.9 Å². The molecule has 1 atom stereocenters. The number of nitrogens with zero attached hydrogens (tertiary/aromatic N) is 5. The molecule has 1 unspecified atom stereocenters. The Morgan fingerprint density at radius 1 is 1.30 bits per heavy atom. The number of phenols is 1. The molecule has 1 fully saturated rings. The van der Waals surface area contributed by atoms with Crippen LogP contribution in [0.5, 0.6) is 5.75 Å². The summed E-state index contributed by atoms with van der Waals surface area (Å²) < 4.78 is 1.57. The highest BCUT2D eigenvalue weighted by atomic mass is 32.1. The third-order valence-electron chi connectivity index (χ3n) is 5.17. The lowest BCUT2D eigenvalue weighted by Gasteiger charge is -2.18. The van der Waals surface area contributed by atoms with Crippen LogP contribution in [0.15, 0.2) is 30.6 Å². The molecule has 8 heteroatoms. The summed E-state index contributed by atoms with van der Waals surface area (Å²) in [5, 5.41) is 21.6. The van der Waals surface area contributed by atoms with Gasteiger partial charge in [-0.1, -0.05) is 12.1 Å². The van der Waals surface area contributed by atoms with Crippen LogP contribution in [0.25, 0.3) is 5.00 Å². The minimum atomic E-state index is 0.0514. The quantitative estimate of drug-likeness (QED) is 0.749. The Morgan fingerprint density at radius 3 is 2.78 bits per heavy atom. The number of aromatic nitrogens is 4. The first-order valence-corrected chi connectivity index (χ1v) is 9.75. The lowest BCUT2D eigenvalue weighted by molar-refractivity contribution is 0.0786. The molecule has 140 valence electrons. The monoisotopic (exact) mass is 383 g/mol. The first kappa shape index (κ1) is 17.7. The van der Waals surface area contributed by atoms with Gasteiger partial charge < -0.3 is 10.0 Å². The summed E-state index contributed by atoms with van der Waals surface area (Å²) in [6.45, 7) is 5.49. The van der Waals surface area contributed by atoms with Crippen LogP contribution >= 0.6 is 11.3 Å². The normalized spacial score (nSPS) is 16.8. The number of likely N-dealkylation sites (tertiary alicyclic amines) is 1. The van der Waals surface area contributed by atoms with Gasteiger partial charge >= 0.3 is 0 Å². The highest BCUT2D eigenvalue weighted by molar-refractivity contribution is 7.15. The van der Waals surface area contributed by atoms with Crippen molar-refractivity contribution in [2.24, 2.45) is 5.92 Å². The SMILES string of the molecule is Cc1sc(-n2cnnn2)c(C(=O)N2CCC(Cc3ccc(O)cc3)C2)c1C. The summed E-state index contributed by atoms with van der Waals surface area (Å²) in [4.78, 5) is 16.3. The number of carbonyl (C=O) groups is 1. The predicted octanol–water partition coefficient (Wildman–Crippen LogP) is 2.75. The third-order valence-corrected chi connectivity index (χ3v) is 6.37. The van der Waals surface area contributed by atoms with Gasteiger partial charge in [0.05, 0.1) is 5.56 Å². The van der Waals surface area contributed by atoms with Crippen molar-refractivity contribution in [3.05, 3.63) is 52.2 Å². The number of benzene rings is 1. The molecule has 0 radical (unpaired) electrons. The number of carbonyl (C=O) groups excluding carboxylic acids is 1. The Morgan fingerprint density at radius 2 is 2.07 bits per heavy atom. The molecule has 27 heavy (non-hydrogen) atoms. The van der Waals surface area contributed by atoms with Crippen molar-refractivity contribution in [3.8, 4) is 10.8 Å². The van der Waals surface area contributed by atoms with E-state index in [0.717, 1.165) is 41.4 Å². The molecule has 3 aromatic rings. The maximum Gasteiger partial charge on any atom is 0.257 e. The highest BCUT2D eigenvalue weighted by Crippen LogP contribution is 2.33. The Labute approximate surface area is 161 Å². The average Bonchev–Trinajstić information content (AvgIpc) is 3.38. The van der Waals surface area contributed by atoms with Gasteiger partial charge in [0.25, 0.3) is 5.91 Å². The summed E-state index contributed by atoms with van der Waals surface area (Å²) in [5.74, 6) is 0.756. The summed E-state index contributed by atoms with van der Waals surface area (Å²) in [7, 11) is 0. The molecule has 0 spiro atoms. The fourth-order valence-electron chi connectivity index (χ4n) is 3.58. The van der Waals surface area contributed by atoms with E-state index in [4.69, 9.17) is 0 Å². The summed E-state index contributed by atoms with van der Waals surface area (Å²) in [6.07, 6.45) is 3.42. The van der Waals surface area contributed by atoms with E-state index in [1.165, 1.54) is 23.2 Å². The van der Waals surface area contributed by atoms with Crippen molar-refractivity contribution in [1.82, 2.24) is 25.1 Å². The van der Waals surface area contributed by atoms with Crippen molar-refractivity contribution < 1.29 is 9.90 Å². The van der Waals surface area contributed by atoms with E-state index in [9.17, 15) is 9.90 Å². The van der Waals surface area contributed by atoms with Gasteiger partial charge in [-0.15, -0.1) is 16.4 Å². The fourth-order valence-corrected chi connectivity index (χ4v) is 4.65. The molecule has 1 saturated heterocycles. The molecule has 7 nitrogen and oxygen atoms in total. The largest absolute Gasteiger partial charge is 0.508 e. The van der Waals surface area contributed by atoms with E-state index in [-0.39, 0.29) is 11.7 Å². The molecule has 0 saturated carbocycles. The van der Waals surface area contributed by atoms with Crippen molar-refractivity contribution in [3.63, 3.8) is 0 Å². The van der Waals surface area contributed by atoms with Gasteiger partial charge in [0.1, 0.15) is 17.1 Å². The Balaban J connectivity index is 1.52. The lowest BCUT2D eigenvalue weighted by atomic mass is 9.99. The van der Waals surface area contributed by atoms with Crippen LogP contribution in [0.2, 0.25) is 0 Å². The molecule has 1 aliphatic rings. The van der Waals surface area contributed by atoms with Gasteiger partial charge in [0.2, 0.25) is 0 Å². The molecule has 0 bridgehead atoms. The van der Waals surface area contributed by atoms with Crippen LogP contribution in [0.1, 0.15) is 32.8 Å². The minimum Gasteiger partial charge on any atom is -0.508 e. The third kappa shape index (κ3) is 3.44. The van der Waals surface area contributed by atoms with Crippen LogP contribution in [0.4, 0.5) is 0 Å². The van der Waals surface area contributed by atoms with Gasteiger partial charge in [-0.05, 0) is 66.3 Å². The zero-order valence-corrected chi connectivity index (χ0v) is 16.1. The van der Waals surface area contributed by atoms with E-state index >= 15 is 0 Å². The predicted molar refractivity (Wildman–Crippen MR) is 102 cm³/mol. The molecular weight excluding hydrogens is 362 g/mol. The maximum absolute atomic E-state index is 13.3.